The third-order valence-corrected chi connectivity index (χ3v) is 5.55. The van der Waals surface area contributed by atoms with E-state index in [1.165, 1.54) is 6.20 Å². The maximum absolute atomic E-state index is 13.5. The van der Waals surface area contributed by atoms with E-state index < -0.39 is 17.0 Å². The minimum Gasteiger partial charge on any atom is -0.478 e. The van der Waals surface area contributed by atoms with Crippen LogP contribution in [-0.4, -0.2) is 28.9 Å². The van der Waals surface area contributed by atoms with E-state index in [9.17, 15) is 19.5 Å². The zero-order valence-corrected chi connectivity index (χ0v) is 16.9. The molecule has 160 valence electrons. The first-order valence-electron chi connectivity index (χ1n) is 9.86. The number of rotatable bonds is 8. The molecule has 1 aromatic heterocycles. The van der Waals surface area contributed by atoms with E-state index in [4.69, 9.17) is 14.2 Å². The number of hydrogen-bond donors (Lipinski definition) is 1. The number of aromatic nitrogens is 1. The number of ether oxygens (including phenoxy) is 3. The van der Waals surface area contributed by atoms with Crippen LogP contribution < -0.4 is 14.9 Å². The van der Waals surface area contributed by atoms with E-state index in [2.05, 4.69) is 0 Å². The summed E-state index contributed by atoms with van der Waals surface area (Å²) in [5.74, 6) is -0.485. The van der Waals surface area contributed by atoms with Crippen LogP contribution in [0.15, 0.2) is 53.5 Å². The molecular weight excluding hydrogens is 402 g/mol. The van der Waals surface area contributed by atoms with Gasteiger partial charge in [-0.25, -0.2) is 4.79 Å². The monoisotopic (exact) mass is 423 g/mol. The maximum atomic E-state index is 13.5. The van der Waals surface area contributed by atoms with Gasteiger partial charge in [0.1, 0.15) is 0 Å². The van der Waals surface area contributed by atoms with E-state index >= 15 is 0 Å². The molecule has 0 aliphatic carbocycles. The van der Waals surface area contributed by atoms with E-state index in [0.717, 1.165) is 5.56 Å². The quantitative estimate of drug-likeness (QED) is 0.556. The summed E-state index contributed by atoms with van der Waals surface area (Å²) < 4.78 is 17.7. The van der Waals surface area contributed by atoms with Crippen LogP contribution in [0.2, 0.25) is 0 Å². The normalized spacial score (nSPS) is 14.2. The van der Waals surface area contributed by atoms with Crippen LogP contribution in [0.3, 0.4) is 0 Å². The second-order valence-electron chi connectivity index (χ2n) is 7.21. The molecule has 3 aromatic rings. The number of carbonyl (C=O) groups is 2. The van der Waals surface area contributed by atoms with Crippen LogP contribution in [0.25, 0.3) is 10.9 Å². The summed E-state index contributed by atoms with van der Waals surface area (Å²) in [4.78, 5) is 37.3. The number of carboxylic acids is 1. The van der Waals surface area contributed by atoms with E-state index in [0.29, 0.717) is 30.0 Å². The van der Waals surface area contributed by atoms with Gasteiger partial charge in [0.2, 0.25) is 12.4 Å². The molecule has 1 atom stereocenters. The Labute approximate surface area is 177 Å². The Morgan fingerprint density at radius 2 is 1.94 bits per heavy atom. The molecule has 0 saturated heterocycles. The van der Waals surface area contributed by atoms with Gasteiger partial charge < -0.3 is 23.9 Å². The van der Waals surface area contributed by atoms with E-state index in [1.54, 1.807) is 16.7 Å². The number of hydrogen-bond acceptors (Lipinski definition) is 6. The molecule has 8 nitrogen and oxygen atoms in total. The number of benzene rings is 2. The molecule has 0 amide bonds. The highest BCUT2D eigenvalue weighted by Gasteiger charge is 2.45. The van der Waals surface area contributed by atoms with Crippen LogP contribution in [0, 0.1) is 0 Å². The largest absolute Gasteiger partial charge is 0.478 e. The predicted molar refractivity (Wildman–Crippen MR) is 111 cm³/mol. The van der Waals surface area contributed by atoms with Gasteiger partial charge in [-0.3, -0.25) is 9.59 Å². The molecule has 0 radical (unpaired) electrons. The van der Waals surface area contributed by atoms with Crippen molar-refractivity contribution in [2.24, 2.45) is 0 Å². The molecule has 4 rings (SSSR count). The van der Waals surface area contributed by atoms with Gasteiger partial charge in [-0.1, -0.05) is 30.3 Å². The topological polar surface area (TPSA) is 104 Å². The van der Waals surface area contributed by atoms with Crippen molar-refractivity contribution < 1.29 is 28.9 Å². The molecule has 2 heterocycles. The Balaban J connectivity index is 1.91. The minimum atomic E-state index is -2.13. The fourth-order valence-electron chi connectivity index (χ4n) is 3.91. The summed E-state index contributed by atoms with van der Waals surface area (Å²) in [6, 6.07) is 12.4. The predicted octanol–water partition coefficient (Wildman–Crippen LogP) is 2.84. The second-order valence-corrected chi connectivity index (χ2v) is 7.21. The average Bonchev–Trinajstić information content (AvgIpc) is 3.24. The van der Waals surface area contributed by atoms with Crippen LogP contribution in [0.5, 0.6) is 11.5 Å². The van der Waals surface area contributed by atoms with Crippen molar-refractivity contribution in [3.05, 3.63) is 70.0 Å². The zero-order chi connectivity index (χ0) is 22.0. The Bertz CT molecular complexity index is 1200. The van der Waals surface area contributed by atoms with Gasteiger partial charge in [-0.2, -0.15) is 0 Å². The van der Waals surface area contributed by atoms with Gasteiger partial charge in [0.15, 0.2) is 16.9 Å². The molecule has 0 saturated carbocycles. The zero-order valence-electron chi connectivity index (χ0n) is 16.9. The molecule has 0 spiro atoms. The lowest BCUT2D eigenvalue weighted by Gasteiger charge is -2.28. The average molecular weight is 423 g/mol. The SMILES string of the molecule is CCn1cc(C(CCc2ccccc2)(OC=O)C(=O)O)c(=O)c2cc3c(cc21)OCO3. The van der Waals surface area contributed by atoms with E-state index in [-0.39, 0.29) is 30.6 Å². The van der Waals surface area contributed by atoms with Crippen molar-refractivity contribution in [1.29, 1.82) is 0 Å². The van der Waals surface area contributed by atoms with Crippen LogP contribution in [0.1, 0.15) is 24.5 Å². The summed E-state index contributed by atoms with van der Waals surface area (Å²) >= 11 is 0. The standard InChI is InChI=1S/C23H21NO7/c1-2-24-12-17(21(26)16-10-19-20(11-18(16)24)30-14-29-19)23(22(27)28,31-13-25)9-8-15-6-4-3-5-7-15/h3-7,10-13H,2,8-9,14H2,1H3,(H,27,28). The lowest BCUT2D eigenvalue weighted by molar-refractivity contribution is -0.173. The number of pyridine rings is 1. The lowest BCUT2D eigenvalue weighted by Crippen LogP contribution is -2.43. The molecule has 31 heavy (non-hydrogen) atoms. The van der Waals surface area contributed by atoms with Crippen molar-refractivity contribution in [2.75, 3.05) is 6.79 Å². The van der Waals surface area contributed by atoms with Crippen molar-refractivity contribution in [3.63, 3.8) is 0 Å². The molecule has 1 unspecified atom stereocenters. The number of aryl methyl sites for hydroxylation is 2. The van der Waals surface area contributed by atoms with Gasteiger partial charge in [-0.05, 0) is 25.0 Å². The summed E-state index contributed by atoms with van der Waals surface area (Å²) in [5, 5.41) is 10.4. The third kappa shape index (κ3) is 3.50. The Morgan fingerprint density at radius 1 is 1.23 bits per heavy atom. The summed E-state index contributed by atoms with van der Waals surface area (Å²) in [6.45, 7) is 2.45. The highest BCUT2D eigenvalue weighted by molar-refractivity contribution is 5.87. The van der Waals surface area contributed by atoms with Crippen LogP contribution >= 0.6 is 0 Å². The lowest BCUT2D eigenvalue weighted by atomic mass is 9.87. The van der Waals surface area contributed by atoms with Crippen molar-refractivity contribution in [3.8, 4) is 11.5 Å². The highest BCUT2D eigenvalue weighted by Crippen LogP contribution is 2.37. The highest BCUT2D eigenvalue weighted by atomic mass is 16.7. The minimum absolute atomic E-state index is 0.0449. The summed E-state index contributed by atoms with van der Waals surface area (Å²) in [7, 11) is 0. The smallest absolute Gasteiger partial charge is 0.353 e. The molecule has 8 heteroatoms. The molecule has 1 N–H and O–H groups in total. The van der Waals surface area contributed by atoms with Crippen molar-refractivity contribution in [1.82, 2.24) is 4.57 Å². The van der Waals surface area contributed by atoms with Crippen molar-refractivity contribution >= 4 is 23.3 Å². The number of carboxylic acid groups (broad SMARTS) is 1. The van der Waals surface area contributed by atoms with Crippen LogP contribution in [0.4, 0.5) is 0 Å². The molecular formula is C23H21NO7. The second kappa shape index (κ2) is 8.14. The summed E-state index contributed by atoms with van der Waals surface area (Å²) in [6.07, 6.45) is 1.65. The van der Waals surface area contributed by atoms with E-state index in [1.807, 2.05) is 37.3 Å². The van der Waals surface area contributed by atoms with Crippen molar-refractivity contribution in [2.45, 2.75) is 31.9 Å². The first-order chi connectivity index (χ1) is 15.0. The number of fused-ring (bicyclic) bond motifs is 2. The van der Waals surface area contributed by atoms with Gasteiger partial charge in [0, 0.05) is 25.2 Å². The first kappa shape index (κ1) is 20.5. The van der Waals surface area contributed by atoms with Gasteiger partial charge in [-0.15, -0.1) is 0 Å². The Hall–Kier alpha value is -3.81. The Morgan fingerprint density at radius 3 is 2.58 bits per heavy atom. The third-order valence-electron chi connectivity index (χ3n) is 5.55. The maximum Gasteiger partial charge on any atom is 0.353 e. The molecule has 0 fully saturated rings. The van der Waals surface area contributed by atoms with Gasteiger partial charge in [0.05, 0.1) is 16.5 Å². The molecule has 0 bridgehead atoms. The fourth-order valence-corrected chi connectivity index (χ4v) is 3.91. The molecule has 1 aliphatic rings. The number of aliphatic carboxylic acids is 1. The fraction of sp³-hybridized carbons (Fsp3) is 0.261. The van der Waals surface area contributed by atoms with Gasteiger partial charge >= 0.3 is 5.97 Å². The summed E-state index contributed by atoms with van der Waals surface area (Å²) in [5.41, 5.74) is -1.33. The molecule has 1 aliphatic heterocycles. The number of nitrogens with zero attached hydrogens (tertiary/aromatic N) is 1. The van der Waals surface area contributed by atoms with Crippen LogP contribution in [-0.2, 0) is 32.9 Å². The Kier molecular flexibility index (Phi) is 5.37. The number of carbonyl (C=O) groups excluding carboxylic acids is 1. The first-order valence-corrected chi connectivity index (χ1v) is 9.86. The molecule has 2 aromatic carbocycles. The van der Waals surface area contributed by atoms with Gasteiger partial charge in [0.25, 0.3) is 6.47 Å².